The average molecular weight is 422 g/mol. The summed E-state index contributed by atoms with van der Waals surface area (Å²) < 4.78 is 0. The Labute approximate surface area is 183 Å². The van der Waals surface area contributed by atoms with Gasteiger partial charge in [0, 0.05) is 69.1 Å². The fraction of sp³-hybridized carbons (Fsp3) is 0.500. The van der Waals surface area contributed by atoms with E-state index in [1.165, 1.54) is 6.92 Å². The number of aromatic nitrogens is 2. The summed E-state index contributed by atoms with van der Waals surface area (Å²) in [5.41, 5.74) is 3.67. The number of carbonyl (C=O) groups excluding carboxylic acids is 2. The predicted molar refractivity (Wildman–Crippen MR) is 121 cm³/mol. The van der Waals surface area contributed by atoms with E-state index in [4.69, 9.17) is 4.98 Å². The Morgan fingerprint density at radius 3 is 2.55 bits per heavy atom. The Bertz CT molecular complexity index is 939. The molecule has 0 bridgehead atoms. The monoisotopic (exact) mass is 421 g/mol. The molecule has 1 aromatic carbocycles. The van der Waals surface area contributed by atoms with Crippen molar-refractivity contribution in [3.05, 3.63) is 42.4 Å². The molecular weight excluding hydrogens is 390 g/mol. The van der Waals surface area contributed by atoms with Gasteiger partial charge in [-0.3, -0.25) is 24.5 Å². The van der Waals surface area contributed by atoms with E-state index in [0.29, 0.717) is 12.0 Å². The van der Waals surface area contributed by atoms with Gasteiger partial charge >= 0.3 is 0 Å². The van der Waals surface area contributed by atoms with Crippen molar-refractivity contribution in [2.45, 2.75) is 51.5 Å². The molecule has 0 spiro atoms. The van der Waals surface area contributed by atoms with Crippen molar-refractivity contribution >= 4 is 17.5 Å². The molecule has 1 aromatic heterocycles. The lowest BCUT2D eigenvalue weighted by Crippen LogP contribution is -2.49. The normalized spacial score (nSPS) is 20.5. The van der Waals surface area contributed by atoms with Crippen LogP contribution in [0.1, 0.15) is 51.1 Å². The van der Waals surface area contributed by atoms with Crippen molar-refractivity contribution in [3.63, 3.8) is 0 Å². The topological polar surface area (TPSA) is 78.4 Å². The number of nitrogens with zero attached hydrogens (tertiary/aromatic N) is 4. The number of carbonyl (C=O) groups is 2. The average Bonchev–Trinajstić information content (AvgIpc) is 2.79. The maximum absolute atomic E-state index is 11.6. The molecule has 2 amide bonds. The lowest BCUT2D eigenvalue weighted by atomic mass is 9.89. The van der Waals surface area contributed by atoms with E-state index in [1.54, 1.807) is 19.3 Å². The van der Waals surface area contributed by atoms with Crippen LogP contribution in [0.3, 0.4) is 0 Å². The summed E-state index contributed by atoms with van der Waals surface area (Å²) in [4.78, 5) is 37.1. The van der Waals surface area contributed by atoms with Crippen LogP contribution in [0.25, 0.3) is 11.3 Å². The van der Waals surface area contributed by atoms with E-state index in [1.807, 2.05) is 29.2 Å². The van der Waals surface area contributed by atoms with E-state index in [0.717, 1.165) is 74.5 Å². The van der Waals surface area contributed by atoms with Crippen molar-refractivity contribution in [1.82, 2.24) is 19.8 Å². The number of hydrogen-bond acceptors (Lipinski definition) is 5. The molecule has 164 valence electrons. The molecule has 4 rings (SSSR count). The third-order valence-electron chi connectivity index (χ3n) is 6.45. The quantitative estimate of drug-likeness (QED) is 0.820. The first-order chi connectivity index (χ1) is 15.0. The van der Waals surface area contributed by atoms with Gasteiger partial charge in [0.05, 0.1) is 11.4 Å². The Morgan fingerprint density at radius 1 is 1.03 bits per heavy atom. The van der Waals surface area contributed by atoms with Crippen LogP contribution in [0.2, 0.25) is 0 Å². The minimum absolute atomic E-state index is 0.0877. The molecule has 0 aliphatic carbocycles. The van der Waals surface area contributed by atoms with Crippen LogP contribution in [0, 0.1) is 0 Å². The number of nitrogens with one attached hydrogen (secondary N) is 1. The number of anilines is 1. The first-order valence-electron chi connectivity index (χ1n) is 11.2. The van der Waals surface area contributed by atoms with Gasteiger partial charge in [0.2, 0.25) is 11.8 Å². The number of rotatable bonds is 4. The largest absolute Gasteiger partial charge is 0.343 e. The highest BCUT2D eigenvalue weighted by Crippen LogP contribution is 2.34. The van der Waals surface area contributed by atoms with Crippen molar-refractivity contribution in [3.8, 4) is 11.3 Å². The first kappa shape index (κ1) is 21.4. The van der Waals surface area contributed by atoms with Gasteiger partial charge in [-0.15, -0.1) is 0 Å². The molecule has 31 heavy (non-hydrogen) atoms. The Kier molecular flexibility index (Phi) is 6.61. The molecule has 2 saturated heterocycles. The summed E-state index contributed by atoms with van der Waals surface area (Å²) >= 11 is 0. The van der Waals surface area contributed by atoms with E-state index in [-0.39, 0.29) is 11.8 Å². The Hall–Kier alpha value is -2.80. The highest BCUT2D eigenvalue weighted by Gasteiger charge is 2.31. The van der Waals surface area contributed by atoms with E-state index < -0.39 is 0 Å². The van der Waals surface area contributed by atoms with Gasteiger partial charge in [0.15, 0.2) is 0 Å². The van der Waals surface area contributed by atoms with Crippen LogP contribution >= 0.6 is 0 Å². The molecule has 7 heteroatoms. The highest BCUT2D eigenvalue weighted by atomic mass is 16.2. The van der Waals surface area contributed by atoms with Crippen LogP contribution in [-0.4, -0.2) is 63.8 Å². The van der Waals surface area contributed by atoms with Gasteiger partial charge in [-0.05, 0) is 44.4 Å². The lowest BCUT2D eigenvalue weighted by molar-refractivity contribution is -0.130. The molecule has 1 atom stereocenters. The van der Waals surface area contributed by atoms with Gasteiger partial charge in [-0.1, -0.05) is 12.1 Å². The van der Waals surface area contributed by atoms with Gasteiger partial charge in [-0.2, -0.15) is 0 Å². The second kappa shape index (κ2) is 9.56. The van der Waals surface area contributed by atoms with E-state index >= 15 is 0 Å². The zero-order valence-electron chi connectivity index (χ0n) is 18.4. The molecular formula is C24H31N5O2. The summed E-state index contributed by atoms with van der Waals surface area (Å²) in [6.07, 6.45) is 7.83. The van der Waals surface area contributed by atoms with Gasteiger partial charge < -0.3 is 10.2 Å². The van der Waals surface area contributed by atoms with Crippen LogP contribution < -0.4 is 5.32 Å². The SMILES string of the molecule is CC(=O)Nc1cccc(-c2nccnc2C2CCCN(C3CCN(C(C)=O)CC3)C2)c1. The van der Waals surface area contributed by atoms with Crippen LogP contribution in [0.4, 0.5) is 5.69 Å². The smallest absolute Gasteiger partial charge is 0.221 e. The summed E-state index contributed by atoms with van der Waals surface area (Å²) in [6.45, 7) is 6.96. The zero-order valence-corrected chi connectivity index (χ0v) is 18.4. The van der Waals surface area contributed by atoms with Crippen molar-refractivity contribution < 1.29 is 9.59 Å². The number of amides is 2. The fourth-order valence-electron chi connectivity index (χ4n) is 4.92. The standard InChI is InChI=1S/C24H31N5O2/c1-17(30)27-21-7-3-5-19(15-21)23-24(26-11-10-25-23)20-6-4-12-29(16-20)22-8-13-28(14-9-22)18(2)31/h3,5,7,10-11,15,20,22H,4,6,8-9,12-14,16H2,1-2H3,(H,27,30). The Balaban J connectivity index is 1.51. The molecule has 2 aliphatic heterocycles. The van der Waals surface area contributed by atoms with Gasteiger partial charge in [0.1, 0.15) is 0 Å². The third-order valence-corrected chi connectivity index (χ3v) is 6.45. The molecule has 1 unspecified atom stereocenters. The molecule has 7 nitrogen and oxygen atoms in total. The van der Waals surface area contributed by atoms with Crippen LogP contribution in [0.15, 0.2) is 36.7 Å². The first-order valence-corrected chi connectivity index (χ1v) is 11.2. The van der Waals surface area contributed by atoms with Crippen molar-refractivity contribution in [2.24, 2.45) is 0 Å². The van der Waals surface area contributed by atoms with Gasteiger partial charge in [0.25, 0.3) is 0 Å². The second-order valence-electron chi connectivity index (χ2n) is 8.62. The van der Waals surface area contributed by atoms with Crippen LogP contribution in [-0.2, 0) is 9.59 Å². The number of likely N-dealkylation sites (tertiary alicyclic amines) is 2. The van der Waals surface area contributed by atoms with Gasteiger partial charge in [-0.25, -0.2) is 0 Å². The maximum Gasteiger partial charge on any atom is 0.221 e. The lowest BCUT2D eigenvalue weighted by Gasteiger charge is -2.42. The van der Waals surface area contributed by atoms with Crippen LogP contribution in [0.5, 0.6) is 0 Å². The second-order valence-corrected chi connectivity index (χ2v) is 8.62. The summed E-state index contributed by atoms with van der Waals surface area (Å²) in [6, 6.07) is 8.34. The molecule has 0 saturated carbocycles. The fourth-order valence-corrected chi connectivity index (χ4v) is 4.92. The van der Waals surface area contributed by atoms with Crippen molar-refractivity contribution in [1.29, 1.82) is 0 Å². The highest BCUT2D eigenvalue weighted by molar-refractivity contribution is 5.89. The maximum atomic E-state index is 11.6. The molecule has 0 radical (unpaired) electrons. The molecule has 2 fully saturated rings. The zero-order chi connectivity index (χ0) is 21.8. The predicted octanol–water partition coefficient (Wildman–Crippen LogP) is 3.29. The van der Waals surface area contributed by atoms with Crippen molar-refractivity contribution in [2.75, 3.05) is 31.5 Å². The number of benzene rings is 1. The summed E-state index contributed by atoms with van der Waals surface area (Å²) in [5.74, 6) is 0.420. The summed E-state index contributed by atoms with van der Waals surface area (Å²) in [7, 11) is 0. The number of piperidine rings is 2. The van der Waals surface area contributed by atoms with E-state index in [2.05, 4.69) is 15.2 Å². The molecule has 2 aliphatic rings. The molecule has 2 aromatic rings. The number of hydrogen-bond donors (Lipinski definition) is 1. The minimum atomic E-state index is -0.0877. The Morgan fingerprint density at radius 2 is 1.81 bits per heavy atom. The minimum Gasteiger partial charge on any atom is -0.343 e. The summed E-state index contributed by atoms with van der Waals surface area (Å²) in [5, 5.41) is 2.85. The third kappa shape index (κ3) is 5.10. The molecule has 3 heterocycles. The molecule has 1 N–H and O–H groups in total. The van der Waals surface area contributed by atoms with E-state index in [9.17, 15) is 9.59 Å².